The van der Waals surface area contributed by atoms with Crippen molar-refractivity contribution in [1.29, 1.82) is 0 Å². The summed E-state index contributed by atoms with van der Waals surface area (Å²) in [7, 11) is 0.0874. The van der Waals surface area contributed by atoms with E-state index in [1.54, 1.807) is 13.2 Å². The Balaban J connectivity index is 1.33. The summed E-state index contributed by atoms with van der Waals surface area (Å²) in [6.07, 6.45) is 11.6. The zero-order chi connectivity index (χ0) is 40.0. The summed E-state index contributed by atoms with van der Waals surface area (Å²) >= 11 is 6.55. The quantitative estimate of drug-likeness (QED) is 0.172. The van der Waals surface area contributed by atoms with Gasteiger partial charge in [0, 0.05) is 87.7 Å². The highest BCUT2D eigenvalue weighted by Gasteiger charge is 2.50. The topological polar surface area (TPSA) is 83.6 Å². The summed E-state index contributed by atoms with van der Waals surface area (Å²) in [4.78, 5) is 21.5. The van der Waals surface area contributed by atoms with Gasteiger partial charge in [-0.05, 0) is 133 Å². The van der Waals surface area contributed by atoms with Crippen molar-refractivity contribution in [1.82, 2.24) is 14.5 Å². The molecule has 2 fully saturated rings. The van der Waals surface area contributed by atoms with E-state index in [-0.39, 0.29) is 16.6 Å². The minimum Gasteiger partial charge on any atom is -0.490 e. The average molecular weight is 812 g/mol. The van der Waals surface area contributed by atoms with Crippen LogP contribution < -0.4 is 14.4 Å². The lowest BCUT2D eigenvalue weighted by Gasteiger charge is -2.53. The number of rotatable bonds is 16. The number of carbonyl (C=O) groups excluding carboxylic acids is 1. The second-order valence-electron chi connectivity index (χ2n) is 17.2. The first-order valence-corrected chi connectivity index (χ1v) is 22.8. The predicted molar refractivity (Wildman–Crippen MR) is 230 cm³/mol. The number of benzene rings is 2. The van der Waals surface area contributed by atoms with E-state index in [0.29, 0.717) is 55.7 Å². The van der Waals surface area contributed by atoms with Gasteiger partial charge in [-0.3, -0.25) is 19.3 Å². The number of nitrogens with zero attached hydrogens (tertiary/aromatic N) is 3. The van der Waals surface area contributed by atoms with Crippen molar-refractivity contribution in [2.45, 2.75) is 115 Å². The van der Waals surface area contributed by atoms with E-state index in [0.717, 1.165) is 94.3 Å². The first kappa shape index (κ1) is 43.1. The van der Waals surface area contributed by atoms with Crippen molar-refractivity contribution in [3.8, 4) is 5.75 Å². The van der Waals surface area contributed by atoms with Crippen molar-refractivity contribution in [2.75, 3.05) is 71.1 Å². The highest BCUT2D eigenvalue weighted by atomic mass is 35.5. The molecule has 1 saturated carbocycles. The normalized spacial score (nSPS) is 26.5. The van der Waals surface area contributed by atoms with Gasteiger partial charge in [0.1, 0.15) is 22.3 Å². The number of nitrogens with one attached hydrogen (secondary N) is 1. The van der Waals surface area contributed by atoms with Gasteiger partial charge in [-0.15, -0.1) is 0 Å². The molecule has 2 aliphatic carbocycles. The predicted octanol–water partition coefficient (Wildman–Crippen LogP) is 7.81. The number of halogens is 1. The molecule has 7 atom stereocenters. The van der Waals surface area contributed by atoms with Gasteiger partial charge in [0.15, 0.2) is 0 Å². The Morgan fingerprint density at radius 2 is 1.98 bits per heavy atom. The number of carbonyl (C=O) groups is 1. The molecule has 2 aliphatic heterocycles. The molecule has 11 heteroatoms. The molecular weight excluding hydrogens is 744 g/mol. The average Bonchev–Trinajstić information content (AvgIpc) is 3.31. The summed E-state index contributed by atoms with van der Waals surface area (Å²) in [5.74, 6) is 1.15. The molecule has 1 saturated heterocycles. The van der Waals surface area contributed by atoms with Gasteiger partial charge in [0.05, 0.1) is 17.5 Å². The number of hydrogen-bond donors (Lipinski definition) is 1. The molecule has 0 radical (unpaired) electrons. The molecule has 56 heavy (non-hydrogen) atoms. The SMILES string of the molecule is CC/C=C/C(CN1CCN(C(C)C)C(C)C1)(OCC)C1CCC1CN1C[C@@]2(CCCc3cc(Cl)ccc32)COc2ccc(C(=O)NS(=O)C(C)CCOC)cc21. The lowest BCUT2D eigenvalue weighted by atomic mass is 9.63. The third-order valence-electron chi connectivity index (χ3n) is 13.0. The summed E-state index contributed by atoms with van der Waals surface area (Å²) in [6, 6.07) is 13.1. The van der Waals surface area contributed by atoms with Crippen molar-refractivity contribution < 1.29 is 23.2 Å². The standard InChI is InChI=1S/C45H67ClN4O5S/c1-8-10-21-45(55-9-2,30-48-22-23-50(32(3)4)33(5)27-48)40-16-13-37(40)28-49-29-44(20-11-12-35-25-38(46)15-17-39(35)44)31-54-42-18-14-36(26-41(42)49)43(51)47-56(52)34(6)19-24-53-7/h10,14-15,17-18,21,25-26,32-34,37,40H,8-9,11-13,16,19-20,22-24,27-31H2,1-7H3,(H,47,51)/b21-10+/t33?,34?,37?,40?,44-,45?,56?/m0/s1. The number of methoxy groups -OCH3 is 1. The number of piperazine rings is 1. The summed E-state index contributed by atoms with van der Waals surface area (Å²) in [5.41, 5.74) is 3.39. The molecule has 2 aromatic carbocycles. The minimum atomic E-state index is -1.54. The van der Waals surface area contributed by atoms with Gasteiger partial charge in [-0.25, -0.2) is 4.21 Å². The van der Waals surface area contributed by atoms with E-state index in [1.165, 1.54) is 11.1 Å². The Labute approximate surface area is 344 Å². The maximum Gasteiger partial charge on any atom is 0.263 e. The van der Waals surface area contributed by atoms with Crippen molar-refractivity contribution >= 4 is 34.2 Å². The van der Waals surface area contributed by atoms with Crippen LogP contribution in [0.5, 0.6) is 5.75 Å². The van der Waals surface area contributed by atoms with Crippen LogP contribution in [0.1, 0.15) is 102 Å². The monoisotopic (exact) mass is 810 g/mol. The summed E-state index contributed by atoms with van der Waals surface area (Å²) in [6.45, 7) is 20.5. The molecule has 0 aromatic heterocycles. The third kappa shape index (κ3) is 9.52. The fourth-order valence-corrected chi connectivity index (χ4v) is 11.0. The number of aryl methyl sites for hydroxylation is 1. The van der Waals surface area contributed by atoms with Gasteiger partial charge in [0.25, 0.3) is 5.91 Å². The highest BCUT2D eigenvalue weighted by Crippen LogP contribution is 2.49. The smallest absolute Gasteiger partial charge is 0.263 e. The summed E-state index contributed by atoms with van der Waals surface area (Å²) < 4.78 is 34.8. The van der Waals surface area contributed by atoms with E-state index in [2.05, 4.69) is 78.3 Å². The number of hydrogen-bond acceptors (Lipinski definition) is 8. The molecule has 4 aliphatic rings. The first-order valence-electron chi connectivity index (χ1n) is 21.2. The van der Waals surface area contributed by atoms with Crippen molar-refractivity contribution in [3.63, 3.8) is 0 Å². The molecular formula is C45H67ClN4O5S. The zero-order valence-corrected chi connectivity index (χ0v) is 36.6. The Kier molecular flexibility index (Phi) is 14.7. The van der Waals surface area contributed by atoms with Gasteiger partial charge < -0.3 is 19.1 Å². The van der Waals surface area contributed by atoms with Crippen LogP contribution in [0.15, 0.2) is 48.6 Å². The van der Waals surface area contributed by atoms with Crippen LogP contribution in [-0.4, -0.2) is 109 Å². The van der Waals surface area contributed by atoms with E-state index in [1.807, 2.05) is 25.1 Å². The number of fused-ring (bicyclic) bond motifs is 3. The highest BCUT2D eigenvalue weighted by molar-refractivity contribution is 7.84. The number of ether oxygens (including phenoxy) is 3. The van der Waals surface area contributed by atoms with Gasteiger partial charge >= 0.3 is 0 Å². The molecule has 6 rings (SSSR count). The Bertz CT molecular complexity index is 1710. The molecule has 6 unspecified atom stereocenters. The maximum atomic E-state index is 13.7. The Hall–Kier alpha value is -2.47. The molecule has 310 valence electrons. The van der Waals surface area contributed by atoms with Gasteiger partial charge in [-0.2, -0.15) is 0 Å². The van der Waals surface area contributed by atoms with Gasteiger partial charge in [0.2, 0.25) is 0 Å². The molecule has 2 aromatic rings. The van der Waals surface area contributed by atoms with Crippen LogP contribution in [0.2, 0.25) is 5.02 Å². The largest absolute Gasteiger partial charge is 0.490 e. The van der Waals surface area contributed by atoms with Crippen LogP contribution in [0, 0.1) is 11.8 Å². The lowest BCUT2D eigenvalue weighted by Crippen LogP contribution is -2.61. The van der Waals surface area contributed by atoms with Crippen LogP contribution in [-0.2, 0) is 32.3 Å². The minimum absolute atomic E-state index is 0.232. The fourth-order valence-electron chi connectivity index (χ4n) is 10.00. The molecule has 0 bridgehead atoms. The zero-order valence-electron chi connectivity index (χ0n) is 35.0. The maximum absolute atomic E-state index is 13.7. The third-order valence-corrected chi connectivity index (χ3v) is 14.6. The van der Waals surface area contributed by atoms with E-state index in [4.69, 9.17) is 25.8 Å². The van der Waals surface area contributed by atoms with Crippen molar-refractivity contribution in [3.05, 3.63) is 70.3 Å². The molecule has 1 N–H and O–H groups in total. The number of anilines is 1. The van der Waals surface area contributed by atoms with Crippen LogP contribution >= 0.6 is 11.6 Å². The fraction of sp³-hybridized carbons (Fsp3) is 0.667. The molecule has 2 heterocycles. The van der Waals surface area contributed by atoms with Crippen LogP contribution in [0.4, 0.5) is 5.69 Å². The molecule has 1 spiro atoms. The van der Waals surface area contributed by atoms with Crippen LogP contribution in [0.25, 0.3) is 0 Å². The van der Waals surface area contributed by atoms with E-state index >= 15 is 0 Å². The second-order valence-corrected chi connectivity index (χ2v) is 19.2. The Morgan fingerprint density at radius 3 is 2.68 bits per heavy atom. The summed E-state index contributed by atoms with van der Waals surface area (Å²) in [5, 5.41) is 0.536. The number of allylic oxidation sites excluding steroid dienone is 1. The number of amides is 1. The lowest BCUT2D eigenvalue weighted by molar-refractivity contribution is -0.115. The Morgan fingerprint density at radius 1 is 1.16 bits per heavy atom. The first-order chi connectivity index (χ1) is 26.9. The van der Waals surface area contributed by atoms with E-state index < -0.39 is 16.6 Å². The van der Waals surface area contributed by atoms with Crippen molar-refractivity contribution in [2.24, 2.45) is 11.8 Å². The van der Waals surface area contributed by atoms with E-state index in [9.17, 15) is 9.00 Å². The molecule has 9 nitrogen and oxygen atoms in total. The second kappa shape index (κ2) is 19.1. The molecule has 1 amide bonds. The van der Waals surface area contributed by atoms with Crippen LogP contribution in [0.3, 0.4) is 0 Å². The van der Waals surface area contributed by atoms with Gasteiger partial charge in [-0.1, -0.05) is 36.7 Å².